The number of amides is 1. The molecule has 1 N–H and O–H groups in total. The molecule has 1 aromatic carbocycles. The molecule has 0 bridgehead atoms. The highest BCUT2D eigenvalue weighted by Crippen LogP contribution is 2.42. The summed E-state index contributed by atoms with van der Waals surface area (Å²) in [5, 5.41) is 13.8. The van der Waals surface area contributed by atoms with Crippen molar-refractivity contribution in [3.63, 3.8) is 0 Å². The number of hydrogen-bond acceptors (Lipinski definition) is 4. The molecule has 25 heavy (non-hydrogen) atoms. The number of carbonyl (C=O) groups is 1. The fourth-order valence-electron chi connectivity index (χ4n) is 3.48. The molecule has 0 radical (unpaired) electrons. The highest BCUT2D eigenvalue weighted by Gasteiger charge is 2.35. The maximum absolute atomic E-state index is 12.5. The molecule has 2 aromatic rings. The van der Waals surface area contributed by atoms with Gasteiger partial charge in [0.05, 0.1) is 17.4 Å². The second-order valence-electron chi connectivity index (χ2n) is 7.50. The van der Waals surface area contributed by atoms with Crippen LogP contribution >= 0.6 is 0 Å². The number of rotatable bonds is 4. The van der Waals surface area contributed by atoms with Crippen molar-refractivity contribution in [2.45, 2.75) is 46.1 Å². The van der Waals surface area contributed by atoms with Gasteiger partial charge >= 0.3 is 0 Å². The first-order valence-corrected chi connectivity index (χ1v) is 8.35. The van der Waals surface area contributed by atoms with Crippen molar-refractivity contribution in [2.24, 2.45) is 5.41 Å². The molecule has 132 valence electrons. The summed E-state index contributed by atoms with van der Waals surface area (Å²) in [6.07, 6.45) is 1.91. The number of nitro groups is 1. The van der Waals surface area contributed by atoms with E-state index in [0.29, 0.717) is 0 Å². The van der Waals surface area contributed by atoms with Gasteiger partial charge in [0, 0.05) is 24.1 Å². The largest absolute Gasteiger partial charge is 0.466 e. The standard InChI is InChI=1S/C19H22N2O4/c1-12-8-15-16(10-19(2,3)11-17(15)25-12)20-18(22)9-13-4-6-14(7-5-13)21(23)24/h4-8,16H,9-11H2,1-3H3,(H,20,22). The minimum Gasteiger partial charge on any atom is -0.466 e. The van der Waals surface area contributed by atoms with Gasteiger partial charge in [-0.05, 0) is 30.4 Å². The maximum atomic E-state index is 12.5. The zero-order valence-electron chi connectivity index (χ0n) is 14.7. The summed E-state index contributed by atoms with van der Waals surface area (Å²) in [6, 6.07) is 8.02. The van der Waals surface area contributed by atoms with E-state index >= 15 is 0 Å². The Kier molecular flexibility index (Phi) is 4.37. The number of nitrogens with zero attached hydrogens (tertiary/aromatic N) is 1. The van der Waals surface area contributed by atoms with Crippen LogP contribution in [0.4, 0.5) is 5.69 Å². The molecule has 1 amide bonds. The van der Waals surface area contributed by atoms with Gasteiger partial charge in [0.1, 0.15) is 11.5 Å². The first-order chi connectivity index (χ1) is 11.7. The molecule has 0 saturated carbocycles. The third-order valence-corrected chi connectivity index (χ3v) is 4.58. The van der Waals surface area contributed by atoms with Gasteiger partial charge in [-0.25, -0.2) is 0 Å². The Hall–Kier alpha value is -2.63. The average Bonchev–Trinajstić information content (AvgIpc) is 2.86. The van der Waals surface area contributed by atoms with Crippen LogP contribution in [-0.4, -0.2) is 10.8 Å². The van der Waals surface area contributed by atoms with Crippen molar-refractivity contribution >= 4 is 11.6 Å². The molecule has 3 rings (SSSR count). The van der Waals surface area contributed by atoms with Crippen molar-refractivity contribution in [1.29, 1.82) is 0 Å². The van der Waals surface area contributed by atoms with E-state index in [-0.39, 0.29) is 29.5 Å². The van der Waals surface area contributed by atoms with Crippen molar-refractivity contribution in [1.82, 2.24) is 5.32 Å². The van der Waals surface area contributed by atoms with Crippen LogP contribution in [0.1, 0.15) is 49.0 Å². The number of furan rings is 1. The van der Waals surface area contributed by atoms with E-state index in [0.717, 1.165) is 35.5 Å². The Balaban J connectivity index is 1.71. The van der Waals surface area contributed by atoms with Gasteiger partial charge in [0.15, 0.2) is 0 Å². The number of nitro benzene ring substituents is 1. The lowest BCUT2D eigenvalue weighted by Gasteiger charge is -2.34. The van der Waals surface area contributed by atoms with Crippen LogP contribution in [0.25, 0.3) is 0 Å². The highest BCUT2D eigenvalue weighted by atomic mass is 16.6. The Morgan fingerprint density at radius 2 is 2.04 bits per heavy atom. The molecule has 1 heterocycles. The summed E-state index contributed by atoms with van der Waals surface area (Å²) >= 11 is 0. The van der Waals surface area contributed by atoms with Crippen LogP contribution < -0.4 is 5.32 Å². The van der Waals surface area contributed by atoms with Crippen LogP contribution in [0.3, 0.4) is 0 Å². The zero-order valence-corrected chi connectivity index (χ0v) is 14.7. The quantitative estimate of drug-likeness (QED) is 0.675. The van der Waals surface area contributed by atoms with Gasteiger partial charge in [-0.1, -0.05) is 26.0 Å². The van der Waals surface area contributed by atoms with Gasteiger partial charge in [-0.2, -0.15) is 0 Å². The molecule has 1 atom stereocenters. The summed E-state index contributed by atoms with van der Waals surface area (Å²) in [5.74, 6) is 1.72. The number of fused-ring (bicyclic) bond motifs is 1. The van der Waals surface area contributed by atoms with E-state index in [4.69, 9.17) is 4.42 Å². The molecular weight excluding hydrogens is 320 g/mol. The van der Waals surface area contributed by atoms with Crippen molar-refractivity contribution in [3.05, 3.63) is 63.1 Å². The van der Waals surface area contributed by atoms with Gasteiger partial charge in [0.2, 0.25) is 5.91 Å². The topological polar surface area (TPSA) is 85.4 Å². The minimum atomic E-state index is -0.448. The number of carbonyl (C=O) groups excluding carboxylic acids is 1. The van der Waals surface area contributed by atoms with E-state index in [1.807, 2.05) is 13.0 Å². The lowest BCUT2D eigenvalue weighted by Crippen LogP contribution is -2.36. The summed E-state index contributed by atoms with van der Waals surface area (Å²) in [7, 11) is 0. The van der Waals surface area contributed by atoms with Crippen molar-refractivity contribution in [2.75, 3.05) is 0 Å². The summed E-state index contributed by atoms with van der Waals surface area (Å²) < 4.78 is 5.79. The molecule has 1 aromatic heterocycles. The van der Waals surface area contributed by atoms with Gasteiger partial charge in [-0.15, -0.1) is 0 Å². The number of nitrogens with one attached hydrogen (secondary N) is 1. The highest BCUT2D eigenvalue weighted by molar-refractivity contribution is 5.79. The molecule has 1 aliphatic carbocycles. The molecular formula is C19H22N2O4. The van der Waals surface area contributed by atoms with Crippen molar-refractivity contribution < 1.29 is 14.1 Å². The minimum absolute atomic E-state index is 0.0247. The van der Waals surface area contributed by atoms with Crippen LogP contribution in [0, 0.1) is 22.5 Å². The summed E-state index contributed by atoms with van der Waals surface area (Å²) in [6.45, 7) is 6.26. The van der Waals surface area contributed by atoms with E-state index in [9.17, 15) is 14.9 Å². The average molecular weight is 342 g/mol. The number of non-ortho nitro benzene ring substituents is 1. The van der Waals surface area contributed by atoms with Gasteiger partial charge < -0.3 is 9.73 Å². The first kappa shape index (κ1) is 17.2. The normalized spacial score (nSPS) is 18.4. The van der Waals surface area contributed by atoms with Crippen LogP contribution in [0.5, 0.6) is 0 Å². The molecule has 1 aliphatic rings. The third kappa shape index (κ3) is 3.90. The summed E-state index contributed by atoms with van der Waals surface area (Å²) in [5.41, 5.74) is 1.90. The van der Waals surface area contributed by atoms with Crippen LogP contribution in [-0.2, 0) is 17.6 Å². The lowest BCUT2D eigenvalue weighted by molar-refractivity contribution is -0.384. The molecule has 6 heteroatoms. The predicted molar refractivity (Wildman–Crippen MR) is 93.2 cm³/mol. The number of hydrogen-bond donors (Lipinski definition) is 1. The SMILES string of the molecule is Cc1cc2c(o1)CC(C)(C)CC2NC(=O)Cc1ccc([N+](=O)[O-])cc1. The van der Waals surface area contributed by atoms with E-state index in [1.54, 1.807) is 12.1 Å². The van der Waals surface area contributed by atoms with Crippen LogP contribution in [0.15, 0.2) is 34.7 Å². The molecule has 0 aliphatic heterocycles. The predicted octanol–water partition coefficient (Wildman–Crippen LogP) is 3.87. The fraction of sp³-hybridized carbons (Fsp3) is 0.421. The second-order valence-corrected chi connectivity index (χ2v) is 7.50. The first-order valence-electron chi connectivity index (χ1n) is 8.35. The Morgan fingerprint density at radius 3 is 2.68 bits per heavy atom. The molecule has 1 unspecified atom stereocenters. The van der Waals surface area contributed by atoms with Gasteiger partial charge in [0.25, 0.3) is 5.69 Å². The Bertz CT molecular complexity index is 805. The molecule has 0 spiro atoms. The third-order valence-electron chi connectivity index (χ3n) is 4.58. The van der Waals surface area contributed by atoms with E-state index in [2.05, 4.69) is 19.2 Å². The number of benzene rings is 1. The molecule has 6 nitrogen and oxygen atoms in total. The lowest BCUT2D eigenvalue weighted by atomic mass is 9.74. The second kappa shape index (κ2) is 6.35. The van der Waals surface area contributed by atoms with E-state index < -0.39 is 4.92 Å². The monoisotopic (exact) mass is 342 g/mol. The van der Waals surface area contributed by atoms with Crippen LogP contribution in [0.2, 0.25) is 0 Å². The Labute approximate surface area is 146 Å². The smallest absolute Gasteiger partial charge is 0.269 e. The van der Waals surface area contributed by atoms with Gasteiger partial charge in [-0.3, -0.25) is 14.9 Å². The Morgan fingerprint density at radius 1 is 1.36 bits per heavy atom. The molecule has 0 saturated heterocycles. The summed E-state index contributed by atoms with van der Waals surface area (Å²) in [4.78, 5) is 22.7. The number of aryl methyl sites for hydroxylation is 1. The maximum Gasteiger partial charge on any atom is 0.269 e. The molecule has 0 fully saturated rings. The van der Waals surface area contributed by atoms with E-state index in [1.165, 1.54) is 12.1 Å². The zero-order chi connectivity index (χ0) is 18.2. The fourth-order valence-corrected chi connectivity index (χ4v) is 3.48. The van der Waals surface area contributed by atoms with Crippen molar-refractivity contribution in [3.8, 4) is 0 Å².